The molecule has 0 unspecified atom stereocenters. The average molecular weight is 280 g/mol. The van der Waals surface area contributed by atoms with Crippen LogP contribution in [0.25, 0.3) is 0 Å². The molecule has 19 heavy (non-hydrogen) atoms. The Morgan fingerprint density at radius 3 is 2.95 bits per heavy atom. The average Bonchev–Trinajstić information content (AvgIpc) is 2.87. The van der Waals surface area contributed by atoms with Gasteiger partial charge in [-0.3, -0.25) is 4.68 Å². The highest BCUT2D eigenvalue weighted by atomic mass is 35.5. The van der Waals surface area contributed by atoms with Crippen molar-refractivity contribution >= 4 is 11.6 Å². The van der Waals surface area contributed by atoms with Gasteiger partial charge in [-0.15, -0.1) is 0 Å². The number of benzene rings is 1. The van der Waals surface area contributed by atoms with Crippen LogP contribution in [0.3, 0.4) is 0 Å². The predicted molar refractivity (Wildman–Crippen MR) is 76.4 cm³/mol. The number of hydrogen-bond donors (Lipinski definition) is 1. The van der Waals surface area contributed by atoms with Crippen molar-refractivity contribution in [2.45, 2.75) is 26.6 Å². The second-order valence-electron chi connectivity index (χ2n) is 4.24. The largest absolute Gasteiger partial charge is 0.488 e. The van der Waals surface area contributed by atoms with Crippen LogP contribution in [-0.4, -0.2) is 16.8 Å². The Morgan fingerprint density at radius 2 is 2.26 bits per heavy atom. The Balaban J connectivity index is 2.08. The standard InChI is InChI=1S/C14H18ClN3O/c1-3-18-9-11(7-17-18)10-19-14-6-4-5-13(15)12(14)8-16-2/h4-7,9,16H,3,8,10H2,1-2H3. The number of ether oxygens (including phenoxy) is 1. The van der Waals surface area contributed by atoms with Gasteiger partial charge >= 0.3 is 0 Å². The van der Waals surface area contributed by atoms with Gasteiger partial charge in [0.25, 0.3) is 0 Å². The number of aryl methyl sites for hydroxylation is 1. The Labute approximate surface area is 118 Å². The molecular formula is C14H18ClN3O. The van der Waals surface area contributed by atoms with Gasteiger partial charge in [0.05, 0.1) is 6.20 Å². The first kappa shape index (κ1) is 13.9. The lowest BCUT2D eigenvalue weighted by atomic mass is 10.2. The first-order chi connectivity index (χ1) is 9.24. The predicted octanol–water partition coefficient (Wildman–Crippen LogP) is 2.85. The summed E-state index contributed by atoms with van der Waals surface area (Å²) in [5.74, 6) is 0.811. The van der Waals surface area contributed by atoms with Crippen molar-refractivity contribution in [2.24, 2.45) is 0 Å². The summed E-state index contributed by atoms with van der Waals surface area (Å²) in [5, 5.41) is 8.04. The van der Waals surface area contributed by atoms with Crippen molar-refractivity contribution in [3.63, 3.8) is 0 Å². The monoisotopic (exact) mass is 279 g/mol. The molecule has 0 aliphatic carbocycles. The molecule has 2 aromatic rings. The van der Waals surface area contributed by atoms with E-state index in [9.17, 15) is 0 Å². The highest BCUT2D eigenvalue weighted by molar-refractivity contribution is 6.31. The van der Waals surface area contributed by atoms with Gasteiger partial charge in [-0.2, -0.15) is 5.10 Å². The molecule has 1 N–H and O–H groups in total. The molecular weight excluding hydrogens is 262 g/mol. The Kier molecular flexibility index (Phi) is 4.82. The van der Waals surface area contributed by atoms with E-state index in [0.717, 1.165) is 28.4 Å². The molecule has 1 heterocycles. The third kappa shape index (κ3) is 3.49. The van der Waals surface area contributed by atoms with Crippen LogP contribution in [0.2, 0.25) is 5.02 Å². The number of rotatable bonds is 6. The molecule has 5 heteroatoms. The van der Waals surface area contributed by atoms with Gasteiger partial charge in [0.15, 0.2) is 0 Å². The van der Waals surface area contributed by atoms with E-state index in [2.05, 4.69) is 17.3 Å². The van der Waals surface area contributed by atoms with Crippen LogP contribution in [0.4, 0.5) is 0 Å². The fourth-order valence-corrected chi connectivity index (χ4v) is 2.07. The SMILES string of the molecule is CCn1cc(COc2cccc(Cl)c2CNC)cn1. The summed E-state index contributed by atoms with van der Waals surface area (Å²) >= 11 is 6.18. The van der Waals surface area contributed by atoms with Gasteiger partial charge in [0.2, 0.25) is 0 Å². The number of halogens is 1. The van der Waals surface area contributed by atoms with Crippen LogP contribution in [0.15, 0.2) is 30.6 Å². The molecule has 2 rings (SSSR count). The normalized spacial score (nSPS) is 10.7. The smallest absolute Gasteiger partial charge is 0.125 e. The fourth-order valence-electron chi connectivity index (χ4n) is 1.84. The van der Waals surface area contributed by atoms with E-state index in [1.165, 1.54) is 0 Å². The molecule has 0 bridgehead atoms. The second-order valence-corrected chi connectivity index (χ2v) is 4.65. The first-order valence-electron chi connectivity index (χ1n) is 6.30. The van der Waals surface area contributed by atoms with E-state index in [0.29, 0.717) is 13.2 Å². The van der Waals surface area contributed by atoms with Gasteiger partial charge in [0.1, 0.15) is 12.4 Å². The molecule has 0 saturated heterocycles. The van der Waals surface area contributed by atoms with Gasteiger partial charge in [-0.25, -0.2) is 0 Å². The first-order valence-corrected chi connectivity index (χ1v) is 6.68. The van der Waals surface area contributed by atoms with Crippen LogP contribution in [-0.2, 0) is 19.7 Å². The summed E-state index contributed by atoms with van der Waals surface area (Å²) in [7, 11) is 1.89. The van der Waals surface area contributed by atoms with Crippen LogP contribution >= 0.6 is 11.6 Å². The van der Waals surface area contributed by atoms with E-state index < -0.39 is 0 Å². The van der Waals surface area contributed by atoms with Crippen LogP contribution in [0.5, 0.6) is 5.75 Å². The van der Waals surface area contributed by atoms with Crippen LogP contribution in [0, 0.1) is 0 Å². The minimum Gasteiger partial charge on any atom is -0.488 e. The second kappa shape index (κ2) is 6.59. The summed E-state index contributed by atoms with van der Waals surface area (Å²) < 4.78 is 7.72. The molecule has 0 fully saturated rings. The highest BCUT2D eigenvalue weighted by Crippen LogP contribution is 2.26. The summed E-state index contributed by atoms with van der Waals surface area (Å²) in [4.78, 5) is 0. The van der Waals surface area contributed by atoms with E-state index in [1.54, 1.807) is 0 Å². The van der Waals surface area contributed by atoms with Gasteiger partial charge < -0.3 is 10.1 Å². The third-order valence-electron chi connectivity index (χ3n) is 2.83. The maximum Gasteiger partial charge on any atom is 0.125 e. The fraction of sp³-hybridized carbons (Fsp3) is 0.357. The lowest BCUT2D eigenvalue weighted by Gasteiger charge is -2.12. The van der Waals surface area contributed by atoms with E-state index in [4.69, 9.17) is 16.3 Å². The zero-order chi connectivity index (χ0) is 13.7. The van der Waals surface area contributed by atoms with Crippen molar-refractivity contribution in [3.05, 3.63) is 46.7 Å². The maximum absolute atomic E-state index is 6.18. The lowest BCUT2D eigenvalue weighted by molar-refractivity contribution is 0.302. The van der Waals surface area contributed by atoms with Crippen LogP contribution in [0.1, 0.15) is 18.1 Å². The number of nitrogens with zero attached hydrogens (tertiary/aromatic N) is 2. The molecule has 1 aromatic carbocycles. The summed E-state index contributed by atoms with van der Waals surface area (Å²) in [6.07, 6.45) is 3.81. The molecule has 0 aliphatic heterocycles. The summed E-state index contributed by atoms with van der Waals surface area (Å²) in [5.41, 5.74) is 2.03. The van der Waals surface area contributed by atoms with Crippen molar-refractivity contribution in [3.8, 4) is 5.75 Å². The zero-order valence-corrected chi connectivity index (χ0v) is 11.9. The van der Waals surface area contributed by atoms with E-state index >= 15 is 0 Å². The Hall–Kier alpha value is -1.52. The zero-order valence-electron chi connectivity index (χ0n) is 11.2. The number of nitrogens with one attached hydrogen (secondary N) is 1. The van der Waals surface area contributed by atoms with Crippen molar-refractivity contribution < 1.29 is 4.74 Å². The molecule has 102 valence electrons. The van der Waals surface area contributed by atoms with E-state index in [-0.39, 0.29) is 0 Å². The van der Waals surface area contributed by atoms with Crippen molar-refractivity contribution in [1.82, 2.24) is 15.1 Å². The summed E-state index contributed by atoms with van der Waals surface area (Å²) in [6.45, 7) is 4.10. The number of aromatic nitrogens is 2. The molecule has 4 nitrogen and oxygen atoms in total. The highest BCUT2D eigenvalue weighted by Gasteiger charge is 2.08. The quantitative estimate of drug-likeness (QED) is 0.884. The molecule has 0 amide bonds. The van der Waals surface area contributed by atoms with Gasteiger partial charge in [-0.1, -0.05) is 17.7 Å². The Bertz CT molecular complexity index is 539. The van der Waals surface area contributed by atoms with Gasteiger partial charge in [-0.05, 0) is 26.1 Å². The van der Waals surface area contributed by atoms with Crippen molar-refractivity contribution in [1.29, 1.82) is 0 Å². The van der Waals surface area contributed by atoms with Gasteiger partial charge in [0, 0.05) is 35.4 Å². The molecule has 0 saturated carbocycles. The molecule has 0 radical (unpaired) electrons. The lowest BCUT2D eigenvalue weighted by Crippen LogP contribution is -2.08. The third-order valence-corrected chi connectivity index (χ3v) is 3.19. The van der Waals surface area contributed by atoms with Crippen LogP contribution < -0.4 is 10.1 Å². The minimum atomic E-state index is 0.497. The maximum atomic E-state index is 6.18. The topological polar surface area (TPSA) is 39.1 Å². The van der Waals surface area contributed by atoms with Crippen molar-refractivity contribution in [2.75, 3.05) is 7.05 Å². The minimum absolute atomic E-state index is 0.497. The summed E-state index contributed by atoms with van der Waals surface area (Å²) in [6, 6.07) is 5.70. The molecule has 0 spiro atoms. The van der Waals surface area contributed by atoms with E-state index in [1.807, 2.05) is 42.3 Å². The molecule has 0 aliphatic rings. The molecule has 1 aromatic heterocycles. The molecule has 0 atom stereocenters. The Morgan fingerprint density at radius 1 is 1.42 bits per heavy atom. The number of hydrogen-bond acceptors (Lipinski definition) is 3.